The molecule has 5 rings (SSSR count). The largest absolute Gasteiger partial charge is 0.491 e. The van der Waals surface area contributed by atoms with E-state index < -0.39 is 18.0 Å². The van der Waals surface area contributed by atoms with E-state index in [1.807, 2.05) is 43.0 Å². The van der Waals surface area contributed by atoms with Gasteiger partial charge >= 0.3 is 18.0 Å². The van der Waals surface area contributed by atoms with Gasteiger partial charge in [0, 0.05) is 78.3 Å². The molecule has 19 nitrogen and oxygen atoms in total. The second-order valence-corrected chi connectivity index (χ2v) is 16.1. The molecule has 0 aromatic heterocycles. The quantitative estimate of drug-likeness (QED) is 0.0733. The molecule has 3 atom stereocenters. The van der Waals surface area contributed by atoms with Crippen LogP contribution in [0.2, 0.25) is 0 Å². The van der Waals surface area contributed by atoms with Crippen molar-refractivity contribution >= 4 is 23.9 Å². The first kappa shape index (κ1) is 49.3. The van der Waals surface area contributed by atoms with Gasteiger partial charge in [0.1, 0.15) is 49.6 Å². The molecule has 3 heterocycles. The van der Waals surface area contributed by atoms with Gasteiger partial charge in [0.15, 0.2) is 5.79 Å². The number of rotatable bonds is 24. The first-order chi connectivity index (χ1) is 30.4. The van der Waals surface area contributed by atoms with Gasteiger partial charge in [-0.05, 0) is 62.1 Å². The van der Waals surface area contributed by atoms with Crippen LogP contribution in [0, 0.1) is 0 Å². The number of nitrogens with one attached hydrogen (secondary N) is 3. The van der Waals surface area contributed by atoms with Crippen LogP contribution in [0.5, 0.6) is 11.5 Å². The molecule has 2 aromatic carbocycles. The molecule has 5 N–H and O–H groups in total. The highest BCUT2D eigenvalue weighted by atomic mass is 16.7. The number of morpholine rings is 2. The molecule has 2 aromatic rings. The molecule has 3 aliphatic rings. The smallest absolute Gasteiger partial charge is 0.317 e. The van der Waals surface area contributed by atoms with Crippen molar-refractivity contribution in [3.63, 3.8) is 0 Å². The van der Waals surface area contributed by atoms with Gasteiger partial charge in [0.05, 0.1) is 33.0 Å². The third-order valence-corrected chi connectivity index (χ3v) is 10.4. The normalized spacial score (nSPS) is 18.3. The van der Waals surface area contributed by atoms with Crippen molar-refractivity contribution in [2.24, 2.45) is 0 Å². The standard InChI is InChI=1S/C44H66N6O13/c1-44(2)62-32-39(63-44)31-61-41(54)14-8-34-5-11-38(12-6-34)60-30-36(52)28-48(18-17-47-43(56)50-21-25-58-26-22-50)27-35(51)29-59-37-9-3-33(4-10-37)7-13-40(53)45-15-16-46-42(55)49-19-23-57-24-20-49/h3-6,9-12,35-36,39,51-52H,7-8,13-32H2,1-2H3,(H,45,53)(H,46,55)(H,47,56)/t35-,36-,39+/m0/s1. The Hall–Kier alpha value is -4.76. The number of ether oxygens (including phenoxy) is 7. The minimum absolute atomic E-state index is 0.0136. The molecule has 3 aliphatic heterocycles. The second kappa shape index (κ2) is 26.1. The van der Waals surface area contributed by atoms with Crippen LogP contribution in [0.3, 0.4) is 0 Å². The Morgan fingerprint density at radius 2 is 1.22 bits per heavy atom. The first-order valence-corrected chi connectivity index (χ1v) is 21.9. The lowest BCUT2D eigenvalue weighted by molar-refractivity contribution is -0.158. The molecule has 0 saturated carbocycles. The molecule has 3 fully saturated rings. The minimum Gasteiger partial charge on any atom is -0.491 e. The molecule has 0 aliphatic carbocycles. The summed E-state index contributed by atoms with van der Waals surface area (Å²) in [5, 5.41) is 30.5. The van der Waals surface area contributed by atoms with Crippen LogP contribution >= 0.6 is 0 Å². The predicted octanol–water partition coefficient (Wildman–Crippen LogP) is 0.928. The van der Waals surface area contributed by atoms with E-state index in [0.29, 0.717) is 103 Å². The van der Waals surface area contributed by atoms with Gasteiger partial charge < -0.3 is 69.1 Å². The van der Waals surface area contributed by atoms with Crippen LogP contribution in [0.25, 0.3) is 0 Å². The van der Waals surface area contributed by atoms with Crippen LogP contribution in [0.15, 0.2) is 48.5 Å². The minimum atomic E-state index is -0.919. The molecule has 5 amide bonds. The van der Waals surface area contributed by atoms with Crippen molar-refractivity contribution in [1.82, 2.24) is 30.7 Å². The van der Waals surface area contributed by atoms with Gasteiger partial charge in [0.2, 0.25) is 5.91 Å². The van der Waals surface area contributed by atoms with Gasteiger partial charge in [-0.1, -0.05) is 24.3 Å². The van der Waals surface area contributed by atoms with Crippen molar-refractivity contribution in [2.75, 3.05) is 118 Å². The molecular weight excluding hydrogens is 821 g/mol. The van der Waals surface area contributed by atoms with Crippen LogP contribution in [-0.2, 0) is 46.1 Å². The summed E-state index contributed by atoms with van der Waals surface area (Å²) < 4.78 is 38.9. The van der Waals surface area contributed by atoms with E-state index in [-0.39, 0.29) is 82.3 Å². The number of aliphatic hydroxyl groups is 2. The number of carbonyl (C=O) groups is 4. The van der Waals surface area contributed by atoms with Crippen molar-refractivity contribution in [1.29, 1.82) is 0 Å². The summed E-state index contributed by atoms with van der Waals surface area (Å²) >= 11 is 0. The van der Waals surface area contributed by atoms with Crippen molar-refractivity contribution in [3.05, 3.63) is 59.7 Å². The van der Waals surface area contributed by atoms with Gasteiger partial charge in [-0.3, -0.25) is 14.5 Å². The highest BCUT2D eigenvalue weighted by molar-refractivity contribution is 5.77. The van der Waals surface area contributed by atoms with Crippen molar-refractivity contribution in [2.45, 2.75) is 63.6 Å². The van der Waals surface area contributed by atoms with Gasteiger partial charge in [0.25, 0.3) is 0 Å². The van der Waals surface area contributed by atoms with E-state index in [1.54, 1.807) is 34.1 Å². The number of benzene rings is 2. The third kappa shape index (κ3) is 18.9. The molecule has 19 heteroatoms. The average molecular weight is 887 g/mol. The van der Waals surface area contributed by atoms with Crippen LogP contribution in [0.1, 0.15) is 37.8 Å². The number of carbonyl (C=O) groups excluding carboxylic acids is 4. The zero-order valence-electron chi connectivity index (χ0n) is 36.6. The molecule has 63 heavy (non-hydrogen) atoms. The second-order valence-electron chi connectivity index (χ2n) is 16.1. The lowest BCUT2D eigenvalue weighted by Gasteiger charge is -2.29. The van der Waals surface area contributed by atoms with Crippen LogP contribution in [0.4, 0.5) is 9.59 Å². The maximum atomic E-state index is 12.7. The van der Waals surface area contributed by atoms with Crippen LogP contribution in [-0.4, -0.2) is 191 Å². The van der Waals surface area contributed by atoms with Gasteiger partial charge in [-0.2, -0.15) is 0 Å². The monoisotopic (exact) mass is 886 g/mol. The number of amides is 5. The number of hydrogen-bond acceptors (Lipinski definition) is 14. The summed E-state index contributed by atoms with van der Waals surface area (Å²) in [7, 11) is 0. The van der Waals surface area contributed by atoms with E-state index in [9.17, 15) is 29.4 Å². The summed E-state index contributed by atoms with van der Waals surface area (Å²) in [6, 6.07) is 14.2. The van der Waals surface area contributed by atoms with E-state index in [1.165, 1.54) is 0 Å². The topological polar surface area (TPSA) is 219 Å². The highest BCUT2D eigenvalue weighted by Crippen LogP contribution is 2.22. The van der Waals surface area contributed by atoms with Crippen molar-refractivity contribution in [3.8, 4) is 11.5 Å². The fourth-order valence-electron chi connectivity index (χ4n) is 6.99. The SMILES string of the molecule is CC1(C)OC[C@@H](COC(=O)CCc2ccc(OC[C@@H](O)CN(CCNC(=O)N3CCOCC3)C[C@H](O)COc3ccc(CCC(=O)NCCNC(=O)N4CCOCC4)cc3)cc2)O1. The van der Waals surface area contributed by atoms with E-state index in [4.69, 9.17) is 33.2 Å². The van der Waals surface area contributed by atoms with Gasteiger partial charge in [-0.15, -0.1) is 0 Å². The van der Waals surface area contributed by atoms with Crippen LogP contribution < -0.4 is 25.4 Å². The van der Waals surface area contributed by atoms with E-state index in [2.05, 4.69) is 16.0 Å². The Kier molecular flexibility index (Phi) is 20.4. The zero-order chi connectivity index (χ0) is 44.9. The summed E-state index contributed by atoms with van der Waals surface area (Å²) in [5.41, 5.74) is 1.87. The van der Waals surface area contributed by atoms with Gasteiger partial charge in [-0.25, -0.2) is 9.59 Å². The zero-order valence-corrected chi connectivity index (χ0v) is 36.6. The number of urea groups is 2. The fourth-order valence-corrected chi connectivity index (χ4v) is 6.99. The molecule has 350 valence electrons. The molecule has 0 unspecified atom stereocenters. The van der Waals surface area contributed by atoms with E-state index in [0.717, 1.165) is 11.1 Å². The molecular formula is C44H66N6O13. The highest BCUT2D eigenvalue weighted by Gasteiger charge is 2.33. The van der Waals surface area contributed by atoms with E-state index >= 15 is 0 Å². The number of aryl methyl sites for hydroxylation is 2. The molecule has 0 spiro atoms. The maximum absolute atomic E-state index is 12.7. The summed E-state index contributed by atoms with van der Waals surface area (Å²) in [6.07, 6.45) is -0.601. The fraction of sp³-hybridized carbons (Fsp3) is 0.636. The number of hydrogen-bond donors (Lipinski definition) is 5. The Morgan fingerprint density at radius 3 is 1.73 bits per heavy atom. The number of esters is 1. The lowest BCUT2D eigenvalue weighted by Crippen LogP contribution is -2.49. The lowest BCUT2D eigenvalue weighted by atomic mass is 10.1. The molecule has 3 saturated heterocycles. The van der Waals surface area contributed by atoms with Crippen molar-refractivity contribution < 1.29 is 62.5 Å². The average Bonchev–Trinajstić information content (AvgIpc) is 3.65. The maximum Gasteiger partial charge on any atom is 0.317 e. The Bertz CT molecular complexity index is 1690. The summed E-state index contributed by atoms with van der Waals surface area (Å²) in [6.45, 7) is 9.92. The Labute approximate surface area is 369 Å². The molecule has 0 bridgehead atoms. The summed E-state index contributed by atoms with van der Waals surface area (Å²) in [5.74, 6) is -0.00519. The third-order valence-electron chi connectivity index (χ3n) is 10.4. The Morgan fingerprint density at radius 1 is 0.730 bits per heavy atom. The number of aliphatic hydroxyl groups excluding tert-OH is 2. The number of nitrogens with zero attached hydrogens (tertiary/aromatic N) is 3. The first-order valence-electron chi connectivity index (χ1n) is 21.9. The molecule has 0 radical (unpaired) electrons. The Balaban J connectivity index is 1.000. The summed E-state index contributed by atoms with van der Waals surface area (Å²) in [4.78, 5) is 54.7. The predicted molar refractivity (Wildman–Crippen MR) is 229 cm³/mol.